The third-order valence-corrected chi connectivity index (χ3v) is 2.76. The van der Waals surface area contributed by atoms with Crippen molar-refractivity contribution in [2.75, 3.05) is 20.6 Å². The zero-order valence-electron chi connectivity index (χ0n) is 11.2. The number of nitrogens with one attached hydrogen (secondary N) is 2. The Morgan fingerprint density at radius 3 is 2.28 bits per heavy atom. The predicted octanol–water partition coefficient (Wildman–Crippen LogP) is -0.127. The molecule has 0 unspecified atom stereocenters. The summed E-state index contributed by atoms with van der Waals surface area (Å²) in [5.74, 6) is -1.58. The van der Waals surface area contributed by atoms with Crippen LogP contribution in [0.2, 0.25) is 0 Å². The molecule has 0 aliphatic carbocycles. The van der Waals surface area contributed by atoms with E-state index >= 15 is 0 Å². The maximum absolute atomic E-state index is 11.7. The number of hydrogen-bond donors (Lipinski definition) is 3. The zero-order valence-corrected chi connectivity index (χ0v) is 11.2. The van der Waals surface area contributed by atoms with Crippen LogP contribution < -0.4 is 10.6 Å². The Bertz CT molecular complexity index is 319. The van der Waals surface area contributed by atoms with E-state index in [9.17, 15) is 14.4 Å². The van der Waals surface area contributed by atoms with Gasteiger partial charge in [0.25, 0.3) is 0 Å². The van der Waals surface area contributed by atoms with E-state index in [2.05, 4.69) is 10.6 Å². The lowest BCUT2D eigenvalue weighted by molar-refractivity contribution is -0.140. The van der Waals surface area contributed by atoms with E-state index in [0.29, 0.717) is 6.42 Å². The Morgan fingerprint density at radius 1 is 1.33 bits per heavy atom. The Morgan fingerprint density at radius 2 is 1.89 bits per heavy atom. The first-order valence-corrected chi connectivity index (χ1v) is 5.78. The molecule has 7 heteroatoms. The molecule has 0 spiro atoms. The third-order valence-electron chi connectivity index (χ3n) is 2.76. The van der Waals surface area contributed by atoms with E-state index in [1.165, 1.54) is 14.1 Å². The van der Waals surface area contributed by atoms with Crippen LogP contribution in [0.5, 0.6) is 0 Å². The van der Waals surface area contributed by atoms with Gasteiger partial charge in [0.05, 0.1) is 0 Å². The highest BCUT2D eigenvalue weighted by Crippen LogP contribution is 2.08. The van der Waals surface area contributed by atoms with Crippen molar-refractivity contribution in [2.45, 2.75) is 26.3 Å². The number of carboxylic acids is 1. The average Bonchev–Trinajstić information content (AvgIpc) is 2.33. The summed E-state index contributed by atoms with van der Waals surface area (Å²) in [4.78, 5) is 34.9. The van der Waals surface area contributed by atoms with Gasteiger partial charge >= 0.3 is 12.0 Å². The fourth-order valence-electron chi connectivity index (χ4n) is 1.29. The molecule has 7 nitrogen and oxygen atoms in total. The molecule has 0 aromatic rings. The predicted molar refractivity (Wildman–Crippen MR) is 66.1 cm³/mol. The Labute approximate surface area is 107 Å². The molecule has 0 aliphatic heterocycles. The second-order valence-electron chi connectivity index (χ2n) is 4.18. The van der Waals surface area contributed by atoms with Gasteiger partial charge in [0.1, 0.15) is 12.6 Å². The topological polar surface area (TPSA) is 98.7 Å². The minimum Gasteiger partial charge on any atom is -0.480 e. The normalized spacial score (nSPS) is 13.3. The SMILES string of the molecule is CC[C@H](C)[C@H](NC(=O)N(C)CC(=O)NC)C(=O)O. The standard InChI is InChI=1S/C11H21N3O4/c1-5-7(2)9(10(16)17)13-11(18)14(4)6-8(15)12-3/h7,9H,5-6H2,1-4H3,(H,12,15)(H,13,18)(H,16,17)/t7-,9-/m0/s1. The van der Waals surface area contributed by atoms with Crippen molar-refractivity contribution >= 4 is 17.9 Å². The highest BCUT2D eigenvalue weighted by molar-refractivity contribution is 5.86. The Hall–Kier alpha value is -1.79. The molecular formula is C11H21N3O4. The molecule has 0 rings (SSSR count). The van der Waals surface area contributed by atoms with Crippen LogP contribution in [0.4, 0.5) is 4.79 Å². The van der Waals surface area contributed by atoms with Crippen LogP contribution in [0.1, 0.15) is 20.3 Å². The van der Waals surface area contributed by atoms with Gasteiger partial charge in [-0.2, -0.15) is 0 Å². The van der Waals surface area contributed by atoms with Crippen molar-refractivity contribution in [3.05, 3.63) is 0 Å². The van der Waals surface area contributed by atoms with E-state index in [1.54, 1.807) is 6.92 Å². The van der Waals surface area contributed by atoms with Crippen LogP contribution in [0.3, 0.4) is 0 Å². The van der Waals surface area contributed by atoms with E-state index in [0.717, 1.165) is 4.90 Å². The van der Waals surface area contributed by atoms with Gasteiger partial charge in [-0.1, -0.05) is 20.3 Å². The first kappa shape index (κ1) is 16.2. The Kier molecular flexibility index (Phi) is 6.77. The molecule has 0 aliphatic rings. The molecule has 0 radical (unpaired) electrons. The quantitative estimate of drug-likeness (QED) is 0.619. The van der Waals surface area contributed by atoms with Crippen molar-refractivity contribution in [3.63, 3.8) is 0 Å². The minimum atomic E-state index is -1.08. The third kappa shape index (κ3) is 5.03. The van der Waals surface area contributed by atoms with E-state index in [1.807, 2.05) is 6.92 Å². The van der Waals surface area contributed by atoms with Crippen LogP contribution in [-0.4, -0.2) is 54.6 Å². The van der Waals surface area contributed by atoms with Crippen LogP contribution in [0.15, 0.2) is 0 Å². The second-order valence-corrected chi connectivity index (χ2v) is 4.18. The summed E-state index contributed by atoms with van der Waals surface area (Å²) in [7, 11) is 2.90. The monoisotopic (exact) mass is 259 g/mol. The van der Waals surface area contributed by atoms with Crippen LogP contribution in [-0.2, 0) is 9.59 Å². The van der Waals surface area contributed by atoms with Crippen LogP contribution in [0, 0.1) is 5.92 Å². The molecule has 3 amide bonds. The molecule has 0 saturated heterocycles. The maximum atomic E-state index is 11.7. The average molecular weight is 259 g/mol. The van der Waals surface area contributed by atoms with Gasteiger partial charge in [-0.3, -0.25) is 4.79 Å². The number of aliphatic carboxylic acids is 1. The van der Waals surface area contributed by atoms with Crippen molar-refractivity contribution in [1.82, 2.24) is 15.5 Å². The van der Waals surface area contributed by atoms with Gasteiger partial charge in [0, 0.05) is 14.1 Å². The second kappa shape index (κ2) is 7.52. The van der Waals surface area contributed by atoms with Gasteiger partial charge in [0.15, 0.2) is 0 Å². The van der Waals surface area contributed by atoms with E-state index in [-0.39, 0.29) is 18.4 Å². The molecule has 0 aromatic carbocycles. The number of amides is 3. The highest BCUT2D eigenvalue weighted by atomic mass is 16.4. The Balaban J connectivity index is 4.50. The van der Waals surface area contributed by atoms with Gasteiger partial charge in [-0.05, 0) is 5.92 Å². The number of carbonyl (C=O) groups is 3. The lowest BCUT2D eigenvalue weighted by Gasteiger charge is -2.24. The van der Waals surface area contributed by atoms with Crippen molar-refractivity contribution < 1.29 is 19.5 Å². The highest BCUT2D eigenvalue weighted by Gasteiger charge is 2.26. The van der Waals surface area contributed by atoms with Gasteiger partial charge in [-0.15, -0.1) is 0 Å². The van der Waals surface area contributed by atoms with Crippen molar-refractivity contribution in [3.8, 4) is 0 Å². The summed E-state index contributed by atoms with van der Waals surface area (Å²) < 4.78 is 0. The first-order valence-electron chi connectivity index (χ1n) is 5.78. The fraction of sp³-hybridized carbons (Fsp3) is 0.727. The van der Waals surface area contributed by atoms with Crippen LogP contribution in [0.25, 0.3) is 0 Å². The van der Waals surface area contributed by atoms with Crippen molar-refractivity contribution in [2.24, 2.45) is 5.92 Å². The number of carboxylic acid groups (broad SMARTS) is 1. The molecule has 0 aromatic heterocycles. The molecule has 104 valence electrons. The number of rotatable bonds is 6. The minimum absolute atomic E-state index is 0.116. The van der Waals surface area contributed by atoms with Crippen molar-refractivity contribution in [1.29, 1.82) is 0 Å². The molecular weight excluding hydrogens is 238 g/mol. The zero-order chi connectivity index (χ0) is 14.3. The molecule has 18 heavy (non-hydrogen) atoms. The largest absolute Gasteiger partial charge is 0.480 e. The van der Waals surface area contributed by atoms with E-state index < -0.39 is 18.0 Å². The summed E-state index contributed by atoms with van der Waals surface area (Å²) >= 11 is 0. The lowest BCUT2D eigenvalue weighted by Crippen LogP contribution is -2.51. The van der Waals surface area contributed by atoms with E-state index in [4.69, 9.17) is 5.11 Å². The molecule has 0 saturated carbocycles. The number of carbonyl (C=O) groups excluding carboxylic acids is 2. The lowest BCUT2D eigenvalue weighted by atomic mass is 9.99. The number of likely N-dealkylation sites (N-methyl/N-ethyl adjacent to an activating group) is 2. The molecule has 0 heterocycles. The molecule has 0 bridgehead atoms. The maximum Gasteiger partial charge on any atom is 0.326 e. The van der Waals surface area contributed by atoms with Gasteiger partial charge in [0.2, 0.25) is 5.91 Å². The summed E-state index contributed by atoms with van der Waals surface area (Å²) in [6.45, 7) is 3.48. The van der Waals surface area contributed by atoms with Gasteiger partial charge < -0.3 is 20.6 Å². The first-order chi connectivity index (χ1) is 8.33. The summed E-state index contributed by atoms with van der Waals surface area (Å²) in [6.07, 6.45) is 0.635. The number of urea groups is 1. The molecule has 3 N–H and O–H groups in total. The number of nitrogens with zero attached hydrogens (tertiary/aromatic N) is 1. The summed E-state index contributed by atoms with van der Waals surface area (Å²) in [5, 5.41) is 13.8. The van der Waals surface area contributed by atoms with Crippen LogP contribution >= 0.6 is 0 Å². The fourth-order valence-corrected chi connectivity index (χ4v) is 1.29. The smallest absolute Gasteiger partial charge is 0.326 e. The summed E-state index contributed by atoms with van der Waals surface area (Å²) in [5.41, 5.74) is 0. The summed E-state index contributed by atoms with van der Waals surface area (Å²) in [6, 6.07) is -1.53. The molecule has 2 atom stereocenters. The van der Waals surface area contributed by atoms with Gasteiger partial charge in [-0.25, -0.2) is 9.59 Å². The molecule has 0 fully saturated rings. The number of hydrogen-bond acceptors (Lipinski definition) is 3.